The zero-order valence-electron chi connectivity index (χ0n) is 48.0. The SMILES string of the molecule is CCC(C)[C@@H]1NC(=O)[C@H](CC(C)C)NC(=O)[C@@H](NC(=O)C(=O)[C@@H]2CCC(=O)N2)[C@@H](C(C)C)c2ccc3c4c([nH]c3c2)-n2cnc(c2)C[C@@H](C(=O)N[C@@H](CCCN=C(N)N)C(=O)O)NC(=O)CNC(=O)C(CCCN=C(N)N)C(=O)[C@H](C4)NC1=O. The van der Waals surface area contributed by atoms with Crippen LogP contribution in [0.3, 0.4) is 0 Å². The summed E-state index contributed by atoms with van der Waals surface area (Å²) in [6, 6.07) is -4.64. The summed E-state index contributed by atoms with van der Waals surface area (Å²) in [6.45, 7) is 10.0. The van der Waals surface area contributed by atoms with Gasteiger partial charge in [0.25, 0.3) is 5.91 Å². The van der Waals surface area contributed by atoms with Crippen LogP contribution in [0, 0.1) is 23.7 Å². The number of carboxylic acid groups (broad SMARTS) is 1. The minimum absolute atomic E-state index is 0.0191. The van der Waals surface area contributed by atoms with Crippen LogP contribution in [0.4, 0.5) is 0 Å². The average Bonchev–Trinajstić information content (AvgIpc) is 4.34. The standard InChI is InChI=1S/C55H79N17O12/c1-7-27(6)42-50(80)68-36-21-32-30-13-12-28(41(26(4)5)43(51(81)69-37(18-25(2)3)49(79)70-42)71-52(82)45(76)33-14-15-39(73)64-33)19-35(30)66-46(32)72-23-29(63-24-72)20-38(48(78)67-34(53(83)84)11-9-17-61-55(58)59)65-40(74)22-62-47(77)31(44(36)75)10-8-16-60-54(56)57/h12-13,19,23-27,31,33-34,36-38,41-43,66H,7-11,14-18,20-22H2,1-6H3,(H,62,77)(H,64,73)(H,65,74)(H,67,78)(H,68,80)(H,69,81)(H,70,79)(H,71,82)(H,83,84)(H4,56,57,60)(H4,58,59,61)/t27?,31?,33-,34-,36-,37-,38-,41-,42-,43-/m0/s1. The molecule has 3 aromatic rings. The summed E-state index contributed by atoms with van der Waals surface area (Å²) >= 11 is 0. The molecule has 1 aromatic carbocycles. The zero-order valence-corrected chi connectivity index (χ0v) is 48.0. The summed E-state index contributed by atoms with van der Waals surface area (Å²) in [5, 5.41) is 31.8. The third kappa shape index (κ3) is 16.6. The number of imidazole rings is 1. The molecule has 0 aliphatic carbocycles. The van der Waals surface area contributed by atoms with E-state index in [-0.39, 0.29) is 100 Å². The lowest BCUT2D eigenvalue weighted by molar-refractivity contribution is -0.142. The quantitative estimate of drug-likeness (QED) is 0.0148. The van der Waals surface area contributed by atoms with Crippen molar-refractivity contribution in [3.63, 3.8) is 0 Å². The number of guanidine groups is 2. The predicted octanol–water partition coefficient (Wildman–Crippen LogP) is -2.45. The van der Waals surface area contributed by atoms with Crippen LogP contribution in [0.15, 0.2) is 40.7 Å². The highest BCUT2D eigenvalue weighted by atomic mass is 16.4. The molecular formula is C55H79N17O12. The molecule has 0 spiro atoms. The molecule has 29 heteroatoms. The lowest BCUT2D eigenvalue weighted by Crippen LogP contribution is -2.61. The molecule has 6 heterocycles. The molecule has 7 bridgehead atoms. The van der Waals surface area contributed by atoms with Crippen LogP contribution in [-0.2, 0) is 65.6 Å². The van der Waals surface area contributed by atoms with Gasteiger partial charge in [-0.3, -0.25) is 62.5 Å². The number of H-pyrrole nitrogens is 1. The van der Waals surface area contributed by atoms with E-state index in [4.69, 9.17) is 22.9 Å². The van der Waals surface area contributed by atoms with E-state index in [0.717, 1.165) is 0 Å². The van der Waals surface area contributed by atoms with Crippen LogP contribution < -0.4 is 65.5 Å². The molecule has 2 unspecified atom stereocenters. The van der Waals surface area contributed by atoms with Crippen molar-refractivity contribution >= 4 is 87.6 Å². The molecule has 8 amide bonds. The minimum Gasteiger partial charge on any atom is -0.480 e. The zero-order chi connectivity index (χ0) is 61.7. The fourth-order valence-electron chi connectivity index (χ4n) is 10.7. The first-order valence-corrected chi connectivity index (χ1v) is 28.2. The molecule has 456 valence electrons. The minimum atomic E-state index is -1.59. The van der Waals surface area contributed by atoms with Gasteiger partial charge in [0.2, 0.25) is 47.1 Å². The Morgan fingerprint density at radius 3 is 2.14 bits per heavy atom. The smallest absolute Gasteiger partial charge is 0.326 e. The van der Waals surface area contributed by atoms with Crippen molar-refractivity contribution in [3.8, 4) is 5.82 Å². The molecule has 0 saturated carbocycles. The van der Waals surface area contributed by atoms with E-state index in [9.17, 15) is 43.5 Å². The maximum atomic E-state index is 15.5. The number of amides is 8. The van der Waals surface area contributed by atoms with Crippen LogP contribution in [0.25, 0.3) is 16.7 Å². The molecule has 7 rings (SSSR count). The van der Waals surface area contributed by atoms with Gasteiger partial charge in [0, 0.05) is 60.9 Å². The first-order chi connectivity index (χ1) is 39.8. The number of nitrogens with two attached hydrogens (primary N) is 4. The third-order valence-corrected chi connectivity index (χ3v) is 15.2. The molecule has 0 radical (unpaired) electrons. The fourth-order valence-corrected chi connectivity index (χ4v) is 10.7. The van der Waals surface area contributed by atoms with Crippen LogP contribution in [-0.4, -0.2) is 158 Å². The molecule has 1 saturated heterocycles. The molecular weight excluding hydrogens is 1090 g/mol. The molecule has 10 atom stereocenters. The van der Waals surface area contributed by atoms with E-state index in [0.29, 0.717) is 28.5 Å². The van der Waals surface area contributed by atoms with Gasteiger partial charge < -0.3 is 75.6 Å². The molecule has 84 heavy (non-hydrogen) atoms. The fraction of sp³-hybridized carbons (Fsp3) is 0.564. The Kier molecular flexibility index (Phi) is 22.1. The number of aliphatic carboxylic acids is 1. The van der Waals surface area contributed by atoms with Crippen molar-refractivity contribution in [2.45, 2.75) is 154 Å². The Hall–Kier alpha value is -8.92. The second-order valence-electron chi connectivity index (χ2n) is 22.4. The number of nitrogens with zero attached hydrogens (tertiary/aromatic N) is 4. The molecule has 1 fully saturated rings. The number of Topliss-reactive ketones (excluding diaryl/α,β-unsaturated/α-hetero) is 2. The highest BCUT2D eigenvalue weighted by Gasteiger charge is 2.42. The van der Waals surface area contributed by atoms with E-state index in [2.05, 4.69) is 62.5 Å². The van der Waals surface area contributed by atoms with E-state index in [1.807, 2.05) is 13.8 Å². The van der Waals surface area contributed by atoms with Crippen molar-refractivity contribution in [1.29, 1.82) is 0 Å². The lowest BCUT2D eigenvalue weighted by atomic mass is 9.81. The van der Waals surface area contributed by atoms with Crippen molar-refractivity contribution < 1.29 is 57.8 Å². The van der Waals surface area contributed by atoms with Gasteiger partial charge >= 0.3 is 5.97 Å². The van der Waals surface area contributed by atoms with Gasteiger partial charge in [-0.1, -0.05) is 60.1 Å². The van der Waals surface area contributed by atoms with Crippen molar-refractivity contribution in [2.24, 2.45) is 56.6 Å². The molecule has 4 aliphatic heterocycles. The number of carbonyl (C=O) groups excluding carboxylic acids is 10. The Bertz CT molecular complexity index is 3050. The molecule has 4 aliphatic rings. The van der Waals surface area contributed by atoms with E-state index >= 15 is 14.4 Å². The normalized spacial score (nSPS) is 23.4. The van der Waals surface area contributed by atoms with E-state index < -0.39 is 137 Å². The monoisotopic (exact) mass is 1170 g/mol. The van der Waals surface area contributed by atoms with Gasteiger partial charge in [0.1, 0.15) is 42.4 Å². The number of hydrogen-bond donors (Lipinski definition) is 14. The Morgan fingerprint density at radius 1 is 0.821 bits per heavy atom. The Balaban J connectivity index is 1.58. The summed E-state index contributed by atoms with van der Waals surface area (Å²) in [4.78, 5) is 171. The number of aromatic nitrogens is 3. The van der Waals surface area contributed by atoms with Crippen LogP contribution >= 0.6 is 0 Å². The summed E-state index contributed by atoms with van der Waals surface area (Å²) in [6.07, 6.45) is 2.68. The van der Waals surface area contributed by atoms with E-state index in [1.54, 1.807) is 50.5 Å². The molecule has 29 nitrogen and oxygen atoms in total. The largest absolute Gasteiger partial charge is 0.480 e. The number of carbonyl (C=O) groups is 11. The van der Waals surface area contributed by atoms with Crippen LogP contribution in [0.2, 0.25) is 0 Å². The third-order valence-electron chi connectivity index (χ3n) is 15.2. The Morgan fingerprint density at radius 2 is 1.51 bits per heavy atom. The van der Waals surface area contributed by atoms with Crippen molar-refractivity contribution in [1.82, 2.24) is 57.1 Å². The topological polar surface area (TPSA) is 467 Å². The first-order valence-electron chi connectivity index (χ1n) is 28.2. The van der Waals surface area contributed by atoms with Crippen LogP contribution in [0.5, 0.6) is 0 Å². The average molecular weight is 1170 g/mol. The number of rotatable bonds is 19. The van der Waals surface area contributed by atoms with Crippen molar-refractivity contribution in [3.05, 3.63) is 47.5 Å². The number of carboxylic acids is 1. The number of hydrogen-bond acceptors (Lipinski definition) is 14. The number of fused-ring (bicyclic) bond motifs is 13. The first kappa shape index (κ1) is 64.3. The summed E-state index contributed by atoms with van der Waals surface area (Å²) in [5.74, 6) is -13.9. The highest BCUT2D eigenvalue weighted by Crippen LogP contribution is 2.35. The lowest BCUT2D eigenvalue weighted by Gasteiger charge is -2.33. The van der Waals surface area contributed by atoms with Gasteiger partial charge in [-0.05, 0) is 67.9 Å². The van der Waals surface area contributed by atoms with Crippen molar-refractivity contribution in [2.75, 3.05) is 19.6 Å². The maximum Gasteiger partial charge on any atom is 0.326 e. The summed E-state index contributed by atoms with van der Waals surface area (Å²) in [5.41, 5.74) is 23.5. The number of nitrogens with one attached hydrogen (secondary N) is 9. The highest BCUT2D eigenvalue weighted by molar-refractivity contribution is 6.39. The van der Waals surface area contributed by atoms with Gasteiger partial charge in [-0.2, -0.15) is 0 Å². The van der Waals surface area contributed by atoms with Gasteiger partial charge in [-0.25, -0.2) is 9.78 Å². The number of aromatic amines is 1. The Labute approximate surface area is 484 Å². The molecule has 2 aromatic heterocycles. The van der Waals surface area contributed by atoms with Gasteiger partial charge in [0.15, 0.2) is 17.7 Å². The summed E-state index contributed by atoms with van der Waals surface area (Å²) < 4.78 is 1.54. The van der Waals surface area contributed by atoms with Gasteiger partial charge in [0.05, 0.1) is 30.2 Å². The van der Waals surface area contributed by atoms with E-state index in [1.165, 1.54) is 12.5 Å². The second-order valence-corrected chi connectivity index (χ2v) is 22.4. The maximum absolute atomic E-state index is 15.5. The second kappa shape index (κ2) is 28.9. The number of aliphatic imine (C=N–C) groups is 2. The van der Waals surface area contributed by atoms with Gasteiger partial charge in [-0.15, -0.1) is 0 Å². The molecule has 18 N–H and O–H groups in total. The number of ketones is 2. The predicted molar refractivity (Wildman–Crippen MR) is 306 cm³/mol. The summed E-state index contributed by atoms with van der Waals surface area (Å²) in [7, 11) is 0. The number of benzene rings is 1. The van der Waals surface area contributed by atoms with Crippen LogP contribution in [0.1, 0.15) is 116 Å².